The van der Waals surface area contributed by atoms with E-state index in [1.165, 1.54) is 16.7 Å². The zero-order valence-electron chi connectivity index (χ0n) is 15.7. The van der Waals surface area contributed by atoms with E-state index in [0.29, 0.717) is 0 Å². The van der Waals surface area contributed by atoms with Crippen molar-refractivity contribution in [2.45, 2.75) is 38.8 Å². The maximum absolute atomic E-state index is 9.90. The number of rotatable bonds is 4. The van der Waals surface area contributed by atoms with Gasteiger partial charge in [-0.05, 0) is 55.5 Å². The molecule has 0 amide bonds. The summed E-state index contributed by atoms with van der Waals surface area (Å²) in [5.74, 6) is 1.29. The van der Waals surface area contributed by atoms with Crippen LogP contribution in [0.4, 0.5) is 0 Å². The van der Waals surface area contributed by atoms with Crippen molar-refractivity contribution in [3.8, 4) is 0 Å². The molecule has 1 heterocycles. The molecule has 0 bridgehead atoms. The minimum atomic E-state index is 0.184. The number of imidazole rings is 1. The third kappa shape index (κ3) is 2.93. The molecule has 0 saturated carbocycles. The molecule has 0 spiro atoms. The highest BCUT2D eigenvalue weighted by atomic mass is 16.3. The van der Waals surface area contributed by atoms with Crippen molar-refractivity contribution in [1.82, 2.24) is 14.9 Å². The fourth-order valence-corrected chi connectivity index (χ4v) is 4.21. The molecule has 0 radical (unpaired) electrons. The van der Waals surface area contributed by atoms with Gasteiger partial charge in [-0.25, -0.2) is 4.98 Å². The van der Waals surface area contributed by atoms with Gasteiger partial charge in [0.2, 0.25) is 0 Å². The van der Waals surface area contributed by atoms with E-state index in [2.05, 4.69) is 71.3 Å². The van der Waals surface area contributed by atoms with Gasteiger partial charge in [-0.2, -0.15) is 0 Å². The Labute approximate surface area is 154 Å². The van der Waals surface area contributed by atoms with Gasteiger partial charge >= 0.3 is 0 Å². The SMILES string of the molecule is Cc1nc2ccc(C(C)N[C@H]3c4ccccc4CC[C@H]3CO)cc2n1C. The second-order valence-electron chi connectivity index (χ2n) is 7.51. The third-order valence-corrected chi connectivity index (χ3v) is 5.94. The lowest BCUT2D eigenvalue weighted by Crippen LogP contribution is -2.35. The first-order chi connectivity index (χ1) is 12.6. The number of fused-ring (bicyclic) bond motifs is 2. The Kier molecular flexibility index (Phi) is 4.55. The number of nitrogens with zero attached hydrogens (tertiary/aromatic N) is 2. The van der Waals surface area contributed by atoms with Crippen LogP contribution in [0.2, 0.25) is 0 Å². The Balaban J connectivity index is 1.64. The molecular weight excluding hydrogens is 322 g/mol. The number of nitrogens with one attached hydrogen (secondary N) is 1. The summed E-state index contributed by atoms with van der Waals surface area (Å²) in [6.07, 6.45) is 2.08. The summed E-state index contributed by atoms with van der Waals surface area (Å²) in [6.45, 7) is 4.46. The van der Waals surface area contributed by atoms with Crippen LogP contribution in [0, 0.1) is 12.8 Å². The van der Waals surface area contributed by atoms with Crippen LogP contribution >= 0.6 is 0 Å². The van der Waals surface area contributed by atoms with Gasteiger partial charge < -0.3 is 15.0 Å². The van der Waals surface area contributed by atoms with Crippen LogP contribution < -0.4 is 5.32 Å². The summed E-state index contributed by atoms with van der Waals surface area (Å²) in [4.78, 5) is 4.59. The molecule has 1 aromatic heterocycles. The van der Waals surface area contributed by atoms with Crippen LogP contribution in [0.15, 0.2) is 42.5 Å². The Morgan fingerprint density at radius 1 is 1.27 bits per heavy atom. The average molecular weight is 349 g/mol. The van der Waals surface area contributed by atoms with Crippen molar-refractivity contribution < 1.29 is 5.11 Å². The number of benzene rings is 2. The van der Waals surface area contributed by atoms with E-state index in [0.717, 1.165) is 29.7 Å². The topological polar surface area (TPSA) is 50.1 Å². The number of hydrogen-bond donors (Lipinski definition) is 2. The molecule has 1 unspecified atom stereocenters. The van der Waals surface area contributed by atoms with Gasteiger partial charge in [-0.1, -0.05) is 30.3 Å². The maximum Gasteiger partial charge on any atom is 0.106 e. The van der Waals surface area contributed by atoms with Crippen molar-refractivity contribution in [3.63, 3.8) is 0 Å². The molecule has 2 N–H and O–H groups in total. The maximum atomic E-state index is 9.90. The van der Waals surface area contributed by atoms with Gasteiger partial charge in [-0.3, -0.25) is 0 Å². The first-order valence-corrected chi connectivity index (χ1v) is 9.46. The minimum absolute atomic E-state index is 0.184. The van der Waals surface area contributed by atoms with Gasteiger partial charge in [0.25, 0.3) is 0 Å². The summed E-state index contributed by atoms with van der Waals surface area (Å²) in [7, 11) is 2.06. The lowest BCUT2D eigenvalue weighted by molar-refractivity contribution is 0.168. The van der Waals surface area contributed by atoms with Crippen LogP contribution in [0.1, 0.15) is 47.9 Å². The summed E-state index contributed by atoms with van der Waals surface area (Å²) in [5.41, 5.74) is 6.19. The fourth-order valence-electron chi connectivity index (χ4n) is 4.21. The predicted molar refractivity (Wildman–Crippen MR) is 105 cm³/mol. The van der Waals surface area contributed by atoms with Crippen LogP contribution in [0.3, 0.4) is 0 Å². The molecule has 4 nitrogen and oxygen atoms in total. The standard InChI is InChI=1S/C22H27N3O/c1-14(17-10-11-20-21(12-17)25(3)15(2)24-20)23-22-18(13-26)9-8-16-6-4-5-7-19(16)22/h4-7,10-12,14,18,22-23,26H,8-9,13H2,1-3H3/t14?,18-,22+/m0/s1. The molecule has 1 aliphatic rings. The molecule has 26 heavy (non-hydrogen) atoms. The van der Waals surface area contributed by atoms with E-state index in [1.807, 2.05) is 6.92 Å². The smallest absolute Gasteiger partial charge is 0.106 e. The normalized spacial score (nSPS) is 20.9. The highest BCUT2D eigenvalue weighted by Gasteiger charge is 2.30. The number of hydrogen-bond acceptors (Lipinski definition) is 3. The number of aliphatic hydroxyl groups excluding tert-OH is 1. The summed E-state index contributed by atoms with van der Waals surface area (Å²) in [6, 6.07) is 15.5. The molecule has 0 saturated heterocycles. The van der Waals surface area contributed by atoms with Crippen molar-refractivity contribution in [2.75, 3.05) is 6.61 Å². The van der Waals surface area contributed by atoms with Crippen molar-refractivity contribution in [3.05, 3.63) is 65.0 Å². The molecule has 136 valence electrons. The van der Waals surface area contributed by atoms with Crippen LogP contribution in [0.5, 0.6) is 0 Å². The van der Waals surface area contributed by atoms with E-state index in [-0.39, 0.29) is 24.6 Å². The summed E-state index contributed by atoms with van der Waals surface area (Å²) in [5, 5.41) is 13.7. The zero-order chi connectivity index (χ0) is 18.3. The predicted octanol–water partition coefficient (Wildman–Crippen LogP) is 3.83. The van der Waals surface area contributed by atoms with Crippen molar-refractivity contribution in [2.24, 2.45) is 13.0 Å². The van der Waals surface area contributed by atoms with E-state index in [1.54, 1.807) is 0 Å². The van der Waals surface area contributed by atoms with Gasteiger partial charge in [0.05, 0.1) is 11.0 Å². The van der Waals surface area contributed by atoms with Gasteiger partial charge in [0.15, 0.2) is 0 Å². The lowest BCUT2D eigenvalue weighted by Gasteiger charge is -2.35. The summed E-state index contributed by atoms with van der Waals surface area (Å²) >= 11 is 0. The zero-order valence-corrected chi connectivity index (χ0v) is 15.7. The highest BCUT2D eigenvalue weighted by molar-refractivity contribution is 5.77. The quantitative estimate of drug-likeness (QED) is 0.753. The lowest BCUT2D eigenvalue weighted by atomic mass is 9.79. The number of aliphatic hydroxyl groups is 1. The van der Waals surface area contributed by atoms with Crippen LogP contribution in [-0.4, -0.2) is 21.3 Å². The fraction of sp³-hybridized carbons (Fsp3) is 0.409. The molecule has 0 fully saturated rings. The first kappa shape index (κ1) is 17.3. The van der Waals surface area contributed by atoms with Gasteiger partial charge in [0.1, 0.15) is 5.82 Å². The highest BCUT2D eigenvalue weighted by Crippen LogP contribution is 2.36. The third-order valence-electron chi connectivity index (χ3n) is 5.94. The second kappa shape index (κ2) is 6.86. The molecular formula is C22H27N3O. The summed E-state index contributed by atoms with van der Waals surface area (Å²) < 4.78 is 2.14. The average Bonchev–Trinajstić information content (AvgIpc) is 2.95. The Morgan fingerprint density at radius 2 is 2.08 bits per heavy atom. The van der Waals surface area contributed by atoms with E-state index in [9.17, 15) is 5.11 Å². The molecule has 0 aliphatic heterocycles. The molecule has 4 heteroatoms. The van der Waals surface area contributed by atoms with Crippen molar-refractivity contribution in [1.29, 1.82) is 0 Å². The minimum Gasteiger partial charge on any atom is -0.396 e. The molecule has 2 aromatic carbocycles. The molecule has 3 aromatic rings. The number of aryl methyl sites for hydroxylation is 3. The van der Waals surface area contributed by atoms with Crippen molar-refractivity contribution >= 4 is 11.0 Å². The first-order valence-electron chi connectivity index (χ1n) is 9.46. The van der Waals surface area contributed by atoms with Crippen LogP contribution in [-0.2, 0) is 13.5 Å². The monoisotopic (exact) mass is 349 g/mol. The molecule has 4 rings (SSSR count). The second-order valence-corrected chi connectivity index (χ2v) is 7.51. The van der Waals surface area contributed by atoms with Gasteiger partial charge in [-0.15, -0.1) is 0 Å². The van der Waals surface area contributed by atoms with E-state index >= 15 is 0 Å². The Bertz CT molecular complexity index is 930. The number of aromatic nitrogens is 2. The molecule has 3 atom stereocenters. The largest absolute Gasteiger partial charge is 0.396 e. The Hall–Kier alpha value is -2.17. The Morgan fingerprint density at radius 3 is 2.88 bits per heavy atom. The van der Waals surface area contributed by atoms with E-state index in [4.69, 9.17) is 0 Å². The van der Waals surface area contributed by atoms with Gasteiger partial charge in [0, 0.05) is 31.7 Å². The van der Waals surface area contributed by atoms with Crippen LogP contribution in [0.25, 0.3) is 11.0 Å². The molecule has 1 aliphatic carbocycles. The van der Waals surface area contributed by atoms with E-state index < -0.39 is 0 Å².